The molecular formula is C12H10O3. The van der Waals surface area contributed by atoms with E-state index in [0.717, 1.165) is 10.8 Å². The van der Waals surface area contributed by atoms with Crippen molar-refractivity contribution in [3.05, 3.63) is 42.0 Å². The second kappa shape index (κ2) is 4.00. The maximum absolute atomic E-state index is 10.0. The van der Waals surface area contributed by atoms with E-state index in [4.69, 9.17) is 0 Å². The summed E-state index contributed by atoms with van der Waals surface area (Å²) in [5.41, 5.74) is 0.612. The highest BCUT2D eigenvalue weighted by atomic mass is 16.5. The number of benzene rings is 2. The minimum Gasteiger partial charge on any atom is -0.508 e. The maximum Gasteiger partial charge on any atom is 0.293 e. The number of rotatable bonds is 3. The van der Waals surface area contributed by atoms with Gasteiger partial charge in [0.25, 0.3) is 6.47 Å². The van der Waals surface area contributed by atoms with Gasteiger partial charge in [0.2, 0.25) is 0 Å². The summed E-state index contributed by atoms with van der Waals surface area (Å²) >= 11 is 0. The van der Waals surface area contributed by atoms with Crippen LogP contribution in [0, 0.1) is 0 Å². The summed E-state index contributed by atoms with van der Waals surface area (Å²) < 4.78 is 4.61. The Morgan fingerprint density at radius 2 is 1.87 bits per heavy atom. The van der Waals surface area contributed by atoms with E-state index in [1.54, 1.807) is 6.07 Å². The molecule has 0 fully saturated rings. The smallest absolute Gasteiger partial charge is 0.293 e. The predicted octanol–water partition coefficient (Wildman–Crippen LogP) is 2.22. The molecule has 2 rings (SSSR count). The van der Waals surface area contributed by atoms with E-state index >= 15 is 0 Å². The summed E-state index contributed by atoms with van der Waals surface area (Å²) in [5.74, 6) is 0.149. The molecule has 0 aromatic heterocycles. The summed E-state index contributed by atoms with van der Waals surface area (Å²) in [6.45, 7) is 0.467. The highest BCUT2D eigenvalue weighted by molar-refractivity contribution is 5.84. The first kappa shape index (κ1) is 9.52. The molecule has 0 saturated heterocycles. The summed E-state index contributed by atoms with van der Waals surface area (Å²) in [4.78, 5) is 10.0. The Morgan fingerprint density at radius 1 is 1.20 bits per heavy atom. The topological polar surface area (TPSA) is 46.5 Å². The van der Waals surface area contributed by atoms with Crippen molar-refractivity contribution in [2.75, 3.05) is 0 Å². The lowest BCUT2D eigenvalue weighted by atomic mass is 10.1. The van der Waals surface area contributed by atoms with Crippen LogP contribution in [-0.4, -0.2) is 11.6 Å². The van der Waals surface area contributed by atoms with Crippen LogP contribution < -0.4 is 0 Å². The van der Waals surface area contributed by atoms with Gasteiger partial charge in [-0.05, 0) is 22.9 Å². The van der Waals surface area contributed by atoms with Gasteiger partial charge in [0.15, 0.2) is 0 Å². The van der Waals surface area contributed by atoms with Crippen LogP contribution >= 0.6 is 0 Å². The molecule has 15 heavy (non-hydrogen) atoms. The van der Waals surface area contributed by atoms with Crippen molar-refractivity contribution in [3.8, 4) is 5.75 Å². The van der Waals surface area contributed by atoms with Crippen molar-refractivity contribution in [1.29, 1.82) is 0 Å². The summed E-state index contributed by atoms with van der Waals surface area (Å²) in [6.07, 6.45) is 0. The average molecular weight is 202 g/mol. The van der Waals surface area contributed by atoms with Crippen LogP contribution in [0.4, 0.5) is 0 Å². The molecule has 3 heteroatoms. The van der Waals surface area contributed by atoms with Gasteiger partial charge in [0.1, 0.15) is 12.4 Å². The Hall–Kier alpha value is -2.03. The number of carbonyl (C=O) groups excluding carboxylic acids is 1. The Balaban J connectivity index is 2.47. The molecule has 0 aliphatic rings. The van der Waals surface area contributed by atoms with Crippen molar-refractivity contribution in [2.45, 2.75) is 6.61 Å². The summed E-state index contributed by atoms with van der Waals surface area (Å²) in [5, 5.41) is 11.6. The second-order valence-electron chi connectivity index (χ2n) is 3.24. The molecule has 2 aromatic rings. The molecule has 0 spiro atoms. The number of hydrogen-bond donors (Lipinski definition) is 1. The number of fused-ring (bicyclic) bond motifs is 1. The lowest BCUT2D eigenvalue weighted by Crippen LogP contribution is -1.90. The molecule has 0 bridgehead atoms. The molecule has 0 radical (unpaired) electrons. The number of aromatic hydroxyl groups is 1. The second-order valence-corrected chi connectivity index (χ2v) is 3.24. The Bertz CT molecular complexity index is 491. The number of carbonyl (C=O) groups is 1. The van der Waals surface area contributed by atoms with Crippen LogP contribution in [0.5, 0.6) is 5.75 Å². The van der Waals surface area contributed by atoms with E-state index in [-0.39, 0.29) is 12.4 Å². The van der Waals surface area contributed by atoms with Gasteiger partial charge < -0.3 is 9.84 Å². The lowest BCUT2D eigenvalue weighted by molar-refractivity contribution is -0.129. The van der Waals surface area contributed by atoms with Crippen LogP contribution in [-0.2, 0) is 16.1 Å². The Morgan fingerprint density at radius 3 is 2.53 bits per heavy atom. The third-order valence-corrected chi connectivity index (χ3v) is 2.25. The van der Waals surface area contributed by atoms with E-state index in [9.17, 15) is 9.90 Å². The normalized spacial score (nSPS) is 10.1. The first-order chi connectivity index (χ1) is 7.31. The van der Waals surface area contributed by atoms with Crippen LogP contribution in [0.15, 0.2) is 36.4 Å². The fraction of sp³-hybridized carbons (Fsp3) is 0.0833. The highest BCUT2D eigenvalue weighted by Gasteiger charge is 2.03. The minimum atomic E-state index is 0.0974. The van der Waals surface area contributed by atoms with Gasteiger partial charge in [0, 0.05) is 5.56 Å². The monoisotopic (exact) mass is 202 g/mol. The van der Waals surface area contributed by atoms with E-state index in [1.165, 1.54) is 0 Å². The van der Waals surface area contributed by atoms with Gasteiger partial charge in [0.05, 0.1) is 0 Å². The van der Waals surface area contributed by atoms with E-state index in [1.807, 2.05) is 30.3 Å². The van der Waals surface area contributed by atoms with Crippen molar-refractivity contribution in [2.24, 2.45) is 0 Å². The summed E-state index contributed by atoms with van der Waals surface area (Å²) in [6, 6.07) is 11.2. The fourth-order valence-corrected chi connectivity index (χ4v) is 1.51. The third kappa shape index (κ3) is 1.91. The van der Waals surface area contributed by atoms with Gasteiger partial charge in [-0.1, -0.05) is 24.3 Å². The third-order valence-electron chi connectivity index (χ3n) is 2.25. The van der Waals surface area contributed by atoms with Crippen molar-refractivity contribution < 1.29 is 14.6 Å². The molecular weight excluding hydrogens is 192 g/mol. The number of phenols is 1. The molecule has 3 nitrogen and oxygen atoms in total. The molecule has 0 saturated carbocycles. The average Bonchev–Trinajstić information content (AvgIpc) is 2.26. The van der Waals surface area contributed by atoms with Gasteiger partial charge >= 0.3 is 0 Å². The largest absolute Gasteiger partial charge is 0.508 e. The zero-order chi connectivity index (χ0) is 10.7. The number of phenolic OH excluding ortho intramolecular Hbond substituents is 1. The standard InChI is InChI=1S/C12H10O3/c13-8-15-7-11-5-9-3-1-2-4-10(9)6-12(11)14/h1-6,8,14H,7H2. The van der Waals surface area contributed by atoms with Crippen LogP contribution in [0.25, 0.3) is 10.8 Å². The fourth-order valence-electron chi connectivity index (χ4n) is 1.51. The first-order valence-electron chi connectivity index (χ1n) is 4.57. The van der Waals surface area contributed by atoms with Gasteiger partial charge in [-0.15, -0.1) is 0 Å². The number of ether oxygens (including phenoxy) is 1. The molecule has 0 amide bonds. The van der Waals surface area contributed by atoms with Crippen molar-refractivity contribution in [3.63, 3.8) is 0 Å². The summed E-state index contributed by atoms with van der Waals surface area (Å²) in [7, 11) is 0. The van der Waals surface area contributed by atoms with E-state index in [0.29, 0.717) is 12.0 Å². The Kier molecular flexibility index (Phi) is 2.54. The minimum absolute atomic E-state index is 0.0974. The van der Waals surface area contributed by atoms with Crippen LogP contribution in [0.3, 0.4) is 0 Å². The zero-order valence-corrected chi connectivity index (χ0v) is 8.01. The SMILES string of the molecule is O=COCc1cc2ccccc2cc1O. The first-order valence-corrected chi connectivity index (χ1v) is 4.57. The molecule has 0 atom stereocenters. The predicted molar refractivity (Wildman–Crippen MR) is 56.5 cm³/mol. The lowest BCUT2D eigenvalue weighted by Gasteiger charge is -2.05. The molecule has 0 unspecified atom stereocenters. The quantitative estimate of drug-likeness (QED) is 0.776. The maximum atomic E-state index is 10.0. The highest BCUT2D eigenvalue weighted by Crippen LogP contribution is 2.25. The van der Waals surface area contributed by atoms with Gasteiger partial charge in [-0.3, -0.25) is 4.79 Å². The van der Waals surface area contributed by atoms with E-state index < -0.39 is 0 Å². The molecule has 0 aliphatic carbocycles. The van der Waals surface area contributed by atoms with Crippen LogP contribution in [0.1, 0.15) is 5.56 Å². The molecule has 1 N–H and O–H groups in total. The zero-order valence-electron chi connectivity index (χ0n) is 8.01. The van der Waals surface area contributed by atoms with Crippen molar-refractivity contribution >= 4 is 17.2 Å². The number of hydrogen-bond acceptors (Lipinski definition) is 3. The van der Waals surface area contributed by atoms with Gasteiger partial charge in [-0.25, -0.2) is 0 Å². The van der Waals surface area contributed by atoms with E-state index in [2.05, 4.69) is 4.74 Å². The van der Waals surface area contributed by atoms with Gasteiger partial charge in [-0.2, -0.15) is 0 Å². The molecule has 76 valence electrons. The molecule has 2 aromatic carbocycles. The molecule has 0 heterocycles. The molecule has 0 aliphatic heterocycles. The van der Waals surface area contributed by atoms with Crippen molar-refractivity contribution in [1.82, 2.24) is 0 Å². The Labute approximate surface area is 86.9 Å². The van der Waals surface area contributed by atoms with Crippen LogP contribution in [0.2, 0.25) is 0 Å².